The van der Waals surface area contributed by atoms with E-state index in [2.05, 4.69) is 25.0 Å². The summed E-state index contributed by atoms with van der Waals surface area (Å²) >= 11 is 6.59. The molecule has 168 valence electrons. The summed E-state index contributed by atoms with van der Waals surface area (Å²) in [5.41, 5.74) is 2.95. The highest BCUT2D eigenvalue weighted by atomic mass is 35.5. The molecule has 10 heteroatoms. The van der Waals surface area contributed by atoms with Crippen LogP contribution in [0, 0.1) is 18.7 Å². The number of benzene rings is 2. The number of halogens is 2. The highest BCUT2D eigenvalue weighted by molar-refractivity contribution is 6.36. The first-order valence-electron chi connectivity index (χ1n) is 10.3. The second kappa shape index (κ2) is 8.09. The highest BCUT2D eigenvalue weighted by Crippen LogP contribution is 2.37. The third-order valence-corrected chi connectivity index (χ3v) is 5.64. The summed E-state index contributed by atoms with van der Waals surface area (Å²) in [5, 5.41) is 14.6. The molecule has 0 bridgehead atoms. The number of imidazole rings is 1. The van der Waals surface area contributed by atoms with Gasteiger partial charge in [-0.2, -0.15) is 5.10 Å². The zero-order valence-electron chi connectivity index (χ0n) is 18.0. The first kappa shape index (κ1) is 21.3. The Morgan fingerprint density at radius 3 is 2.67 bits per heavy atom. The Bertz CT molecular complexity index is 1500. The third kappa shape index (κ3) is 3.79. The normalized spacial score (nSPS) is 12.7. The van der Waals surface area contributed by atoms with Crippen LogP contribution in [0.4, 0.5) is 4.39 Å². The fourth-order valence-corrected chi connectivity index (χ4v) is 3.75. The van der Waals surface area contributed by atoms with Gasteiger partial charge in [-0.25, -0.2) is 19.0 Å². The smallest absolute Gasteiger partial charge is 0.193 e. The second-order valence-corrected chi connectivity index (χ2v) is 8.44. The number of aliphatic hydroxyl groups is 1. The summed E-state index contributed by atoms with van der Waals surface area (Å²) < 4.78 is 22.2. The number of hydrogen-bond donors (Lipinski definition) is 2. The summed E-state index contributed by atoms with van der Waals surface area (Å²) in [5.74, 6) is 0.274. The molecule has 33 heavy (non-hydrogen) atoms. The van der Waals surface area contributed by atoms with Gasteiger partial charge in [0.25, 0.3) is 0 Å². The van der Waals surface area contributed by atoms with E-state index >= 15 is 0 Å². The lowest BCUT2D eigenvalue weighted by Gasteiger charge is -2.14. The minimum Gasteiger partial charge on any atom is -0.453 e. The second-order valence-electron chi connectivity index (χ2n) is 8.07. The molecule has 5 rings (SSSR count). The molecular weight excluding hydrogens is 447 g/mol. The van der Waals surface area contributed by atoms with E-state index in [-0.39, 0.29) is 28.0 Å². The van der Waals surface area contributed by atoms with Gasteiger partial charge in [-0.1, -0.05) is 25.4 Å². The number of aryl methyl sites for hydroxylation is 1. The molecule has 3 heterocycles. The Morgan fingerprint density at radius 2 is 1.88 bits per heavy atom. The summed E-state index contributed by atoms with van der Waals surface area (Å²) in [7, 11) is 0. The van der Waals surface area contributed by atoms with Crippen LogP contribution < -0.4 is 4.74 Å². The van der Waals surface area contributed by atoms with Crippen molar-refractivity contribution in [3.63, 3.8) is 0 Å². The van der Waals surface area contributed by atoms with Crippen molar-refractivity contribution < 1.29 is 14.2 Å². The predicted molar refractivity (Wildman–Crippen MR) is 123 cm³/mol. The van der Waals surface area contributed by atoms with Crippen LogP contribution in [0.5, 0.6) is 11.5 Å². The van der Waals surface area contributed by atoms with Crippen molar-refractivity contribution >= 4 is 33.7 Å². The van der Waals surface area contributed by atoms with Crippen LogP contribution in [0.15, 0.2) is 42.9 Å². The van der Waals surface area contributed by atoms with E-state index in [1.54, 1.807) is 43.7 Å². The van der Waals surface area contributed by atoms with Crippen molar-refractivity contribution in [3.05, 3.63) is 59.5 Å². The number of aromatic nitrogens is 6. The molecule has 2 aromatic carbocycles. The highest BCUT2D eigenvalue weighted by Gasteiger charge is 2.18. The molecule has 8 nitrogen and oxygen atoms in total. The lowest BCUT2D eigenvalue weighted by Crippen LogP contribution is -2.14. The standard InChI is InChI=1S/C23H20ClFN6O2/c1-11(2)23(32)31-10-13(8-27-31)16-9-26-14-4-6-17(19(24)21(14)30-16)33-18-7-5-15-22(20(18)25)29-12(3)28-15/h4-11,23,32H,1-3H3,(H,28,29). The summed E-state index contributed by atoms with van der Waals surface area (Å²) in [6.45, 7) is 5.55. The molecule has 0 amide bonds. The Morgan fingerprint density at radius 1 is 1.09 bits per heavy atom. The molecule has 0 aliphatic carbocycles. The zero-order chi connectivity index (χ0) is 23.3. The van der Waals surface area contributed by atoms with Gasteiger partial charge in [0, 0.05) is 11.8 Å². The fraction of sp³-hybridized carbons (Fsp3) is 0.217. The molecule has 0 saturated heterocycles. The van der Waals surface area contributed by atoms with Gasteiger partial charge >= 0.3 is 0 Å². The molecule has 0 radical (unpaired) electrons. The predicted octanol–water partition coefficient (Wildman–Crippen LogP) is 5.41. The van der Waals surface area contributed by atoms with Crippen LogP contribution in [0.3, 0.4) is 0 Å². The van der Waals surface area contributed by atoms with Crippen LogP contribution in [0.1, 0.15) is 25.9 Å². The fourth-order valence-electron chi connectivity index (χ4n) is 3.51. The Kier molecular flexibility index (Phi) is 5.22. The van der Waals surface area contributed by atoms with E-state index in [9.17, 15) is 9.50 Å². The summed E-state index contributed by atoms with van der Waals surface area (Å²) in [6.07, 6.45) is 4.16. The van der Waals surface area contributed by atoms with Crippen LogP contribution in [0.25, 0.3) is 33.3 Å². The summed E-state index contributed by atoms with van der Waals surface area (Å²) in [6, 6.07) is 6.54. The molecular formula is C23H20ClFN6O2. The SMILES string of the molecule is Cc1nc2c(F)c(Oc3ccc4ncc(-c5cnn(C(O)C(C)C)c5)nc4c3Cl)ccc2[nH]1. The average Bonchev–Trinajstić information content (AvgIpc) is 3.43. The summed E-state index contributed by atoms with van der Waals surface area (Å²) in [4.78, 5) is 16.2. The number of nitrogens with zero attached hydrogens (tertiary/aromatic N) is 5. The number of rotatable bonds is 5. The van der Waals surface area contributed by atoms with Crippen molar-refractivity contribution in [3.8, 4) is 22.8 Å². The van der Waals surface area contributed by atoms with Gasteiger partial charge in [0.1, 0.15) is 33.9 Å². The number of H-pyrrole nitrogens is 1. The molecule has 3 aromatic heterocycles. The largest absolute Gasteiger partial charge is 0.453 e. The van der Waals surface area contributed by atoms with Gasteiger partial charge < -0.3 is 14.8 Å². The Hall–Kier alpha value is -3.56. The molecule has 1 atom stereocenters. The molecule has 0 saturated carbocycles. The molecule has 0 spiro atoms. The van der Waals surface area contributed by atoms with E-state index in [4.69, 9.17) is 16.3 Å². The molecule has 0 aliphatic rings. The third-order valence-electron chi connectivity index (χ3n) is 5.28. The molecule has 1 unspecified atom stereocenters. The average molecular weight is 467 g/mol. The van der Waals surface area contributed by atoms with Crippen LogP contribution in [-0.4, -0.2) is 34.8 Å². The van der Waals surface area contributed by atoms with Gasteiger partial charge in [-0.05, 0) is 37.1 Å². The van der Waals surface area contributed by atoms with Crippen molar-refractivity contribution in [1.29, 1.82) is 0 Å². The maximum absolute atomic E-state index is 14.9. The van der Waals surface area contributed by atoms with Gasteiger partial charge in [0.15, 0.2) is 11.6 Å². The van der Waals surface area contributed by atoms with E-state index in [0.717, 1.165) is 0 Å². The van der Waals surface area contributed by atoms with Gasteiger partial charge in [0.2, 0.25) is 0 Å². The lowest BCUT2D eigenvalue weighted by atomic mass is 10.2. The molecule has 2 N–H and O–H groups in total. The maximum Gasteiger partial charge on any atom is 0.193 e. The van der Waals surface area contributed by atoms with E-state index < -0.39 is 12.0 Å². The number of fused-ring (bicyclic) bond motifs is 2. The van der Waals surface area contributed by atoms with Crippen molar-refractivity contribution in [2.24, 2.45) is 5.92 Å². The monoisotopic (exact) mass is 466 g/mol. The minimum atomic E-state index is -0.749. The van der Waals surface area contributed by atoms with E-state index in [1.807, 2.05) is 13.8 Å². The minimum absolute atomic E-state index is 0.000381. The number of aromatic amines is 1. The van der Waals surface area contributed by atoms with Gasteiger partial charge in [-0.15, -0.1) is 0 Å². The number of hydrogen-bond acceptors (Lipinski definition) is 6. The molecule has 0 aliphatic heterocycles. The van der Waals surface area contributed by atoms with Crippen molar-refractivity contribution in [1.82, 2.24) is 29.7 Å². The van der Waals surface area contributed by atoms with Crippen LogP contribution in [-0.2, 0) is 0 Å². The Balaban J connectivity index is 1.52. The first-order valence-corrected chi connectivity index (χ1v) is 10.7. The number of nitrogens with one attached hydrogen (secondary N) is 1. The van der Waals surface area contributed by atoms with Gasteiger partial charge in [-0.3, -0.25) is 4.98 Å². The lowest BCUT2D eigenvalue weighted by molar-refractivity contribution is 0.0449. The maximum atomic E-state index is 14.9. The number of aliphatic hydroxyl groups excluding tert-OH is 1. The molecule has 0 fully saturated rings. The van der Waals surface area contributed by atoms with Crippen LogP contribution in [0.2, 0.25) is 5.02 Å². The van der Waals surface area contributed by atoms with Crippen molar-refractivity contribution in [2.45, 2.75) is 27.0 Å². The van der Waals surface area contributed by atoms with Crippen molar-refractivity contribution in [2.75, 3.05) is 0 Å². The van der Waals surface area contributed by atoms with E-state index in [0.29, 0.717) is 33.6 Å². The van der Waals surface area contributed by atoms with Crippen LogP contribution >= 0.6 is 11.6 Å². The topological polar surface area (TPSA) is 102 Å². The van der Waals surface area contributed by atoms with E-state index in [1.165, 1.54) is 10.7 Å². The molecule has 5 aromatic rings. The quantitative estimate of drug-likeness (QED) is 0.359. The Labute approximate surface area is 193 Å². The first-order chi connectivity index (χ1) is 15.8. The number of ether oxygens (including phenoxy) is 1. The van der Waals surface area contributed by atoms with Gasteiger partial charge in [0.05, 0.1) is 29.1 Å². The zero-order valence-corrected chi connectivity index (χ0v) is 18.8.